The summed E-state index contributed by atoms with van der Waals surface area (Å²) in [4.78, 5) is 0.850. The van der Waals surface area contributed by atoms with Crippen LogP contribution in [0.1, 0.15) is 31.0 Å². The van der Waals surface area contributed by atoms with E-state index in [0.717, 1.165) is 25.8 Å². The molecule has 1 aromatic carbocycles. The minimum Gasteiger partial charge on any atom is -0.398 e. The van der Waals surface area contributed by atoms with Crippen LogP contribution in [0.25, 0.3) is 15.5 Å². The highest BCUT2D eigenvalue weighted by Crippen LogP contribution is 2.37. The number of anilines is 1. The van der Waals surface area contributed by atoms with Crippen LogP contribution in [0.4, 0.5) is 5.69 Å². The summed E-state index contributed by atoms with van der Waals surface area (Å²) in [7, 11) is 0. The van der Waals surface area contributed by atoms with Gasteiger partial charge in [0.2, 0.25) is 4.96 Å². The van der Waals surface area contributed by atoms with E-state index in [-0.39, 0.29) is 0 Å². The van der Waals surface area contributed by atoms with Crippen LogP contribution in [0.3, 0.4) is 0 Å². The van der Waals surface area contributed by atoms with Crippen LogP contribution in [0.15, 0.2) is 22.7 Å². The molecule has 20 heavy (non-hydrogen) atoms. The summed E-state index contributed by atoms with van der Waals surface area (Å²) in [5, 5.41) is 14.1. The van der Waals surface area contributed by atoms with Gasteiger partial charge in [0, 0.05) is 21.6 Å². The fraction of sp³-hybridized carbons (Fsp3) is 0.308. The maximum absolute atomic E-state index is 5.93. The summed E-state index contributed by atoms with van der Waals surface area (Å²) in [5.74, 6) is 1.52. The van der Waals surface area contributed by atoms with Gasteiger partial charge in [0.25, 0.3) is 0 Å². The van der Waals surface area contributed by atoms with Gasteiger partial charge >= 0.3 is 0 Å². The number of nitrogen functional groups attached to an aromatic ring is 1. The predicted octanol–water partition coefficient (Wildman–Crippen LogP) is 3.47. The van der Waals surface area contributed by atoms with E-state index in [0.29, 0.717) is 11.6 Å². The molecule has 2 aromatic heterocycles. The highest BCUT2D eigenvalue weighted by atomic mass is 79.9. The van der Waals surface area contributed by atoms with Crippen molar-refractivity contribution in [3.05, 3.63) is 28.5 Å². The normalized spacial score (nSPS) is 15.7. The Morgan fingerprint density at radius 3 is 2.85 bits per heavy atom. The summed E-state index contributed by atoms with van der Waals surface area (Å²) in [6, 6.07) is 5.88. The summed E-state index contributed by atoms with van der Waals surface area (Å²) < 4.78 is 2.79. The van der Waals surface area contributed by atoms with Gasteiger partial charge < -0.3 is 5.73 Å². The van der Waals surface area contributed by atoms with Crippen molar-refractivity contribution in [2.75, 3.05) is 5.73 Å². The van der Waals surface area contributed by atoms with Crippen LogP contribution in [0.5, 0.6) is 0 Å². The lowest BCUT2D eigenvalue weighted by Gasteiger charge is -2.22. The van der Waals surface area contributed by atoms with E-state index in [9.17, 15) is 0 Å². The number of nitrogens with two attached hydrogens (primary N) is 1. The Kier molecular flexibility index (Phi) is 2.78. The number of rotatable bonds is 2. The average molecular weight is 350 g/mol. The molecule has 1 aliphatic rings. The first-order chi connectivity index (χ1) is 9.72. The number of aromatic nitrogens is 4. The minimum atomic E-state index is 0.523. The Bertz CT molecular complexity index is 789. The van der Waals surface area contributed by atoms with Crippen molar-refractivity contribution in [1.82, 2.24) is 19.8 Å². The van der Waals surface area contributed by atoms with E-state index in [1.54, 1.807) is 11.3 Å². The van der Waals surface area contributed by atoms with E-state index < -0.39 is 0 Å². The highest BCUT2D eigenvalue weighted by Gasteiger charge is 2.26. The molecule has 0 atom stereocenters. The molecule has 1 fully saturated rings. The third kappa shape index (κ3) is 1.84. The Labute approximate surface area is 128 Å². The highest BCUT2D eigenvalue weighted by molar-refractivity contribution is 9.10. The standard InChI is InChI=1S/C13H12BrN5S/c14-9-5-4-8(6-10(9)15)12-18-19-11(7-2-1-3-7)16-17-13(19)20-12/h4-7H,1-3,15H2. The molecule has 1 saturated carbocycles. The number of benzene rings is 1. The van der Waals surface area contributed by atoms with Gasteiger partial charge in [0.05, 0.1) is 0 Å². The van der Waals surface area contributed by atoms with Crippen molar-refractivity contribution < 1.29 is 0 Å². The lowest BCUT2D eigenvalue weighted by atomic mass is 9.85. The second-order valence-electron chi connectivity index (χ2n) is 5.02. The molecule has 2 heterocycles. The smallest absolute Gasteiger partial charge is 0.234 e. The Hall–Kier alpha value is -1.47. The van der Waals surface area contributed by atoms with Crippen LogP contribution in [0, 0.1) is 0 Å². The maximum atomic E-state index is 5.93. The summed E-state index contributed by atoms with van der Waals surface area (Å²) in [5.41, 5.74) is 7.66. The summed E-state index contributed by atoms with van der Waals surface area (Å²) in [6.45, 7) is 0. The van der Waals surface area contributed by atoms with E-state index in [2.05, 4.69) is 31.2 Å². The molecule has 0 bridgehead atoms. The van der Waals surface area contributed by atoms with Crippen LogP contribution in [0.2, 0.25) is 0 Å². The van der Waals surface area contributed by atoms with Gasteiger partial charge in [-0.25, -0.2) is 0 Å². The van der Waals surface area contributed by atoms with Crippen molar-refractivity contribution in [1.29, 1.82) is 0 Å². The molecule has 7 heteroatoms. The van der Waals surface area contributed by atoms with Gasteiger partial charge in [0.1, 0.15) is 5.01 Å². The molecule has 0 saturated heterocycles. The van der Waals surface area contributed by atoms with Gasteiger partial charge in [-0.05, 0) is 40.9 Å². The van der Waals surface area contributed by atoms with Crippen molar-refractivity contribution in [2.24, 2.45) is 0 Å². The molecule has 0 amide bonds. The predicted molar refractivity (Wildman–Crippen MR) is 82.8 cm³/mol. The molecule has 5 nitrogen and oxygen atoms in total. The fourth-order valence-electron chi connectivity index (χ4n) is 2.35. The van der Waals surface area contributed by atoms with E-state index >= 15 is 0 Å². The second kappa shape index (κ2) is 4.53. The van der Waals surface area contributed by atoms with E-state index in [4.69, 9.17) is 5.73 Å². The van der Waals surface area contributed by atoms with Crippen LogP contribution >= 0.6 is 27.3 Å². The number of halogens is 1. The number of hydrogen-bond acceptors (Lipinski definition) is 5. The second-order valence-corrected chi connectivity index (χ2v) is 6.83. The molecule has 0 radical (unpaired) electrons. The van der Waals surface area contributed by atoms with Crippen LogP contribution in [-0.4, -0.2) is 19.8 Å². The van der Waals surface area contributed by atoms with Crippen molar-refractivity contribution in [3.63, 3.8) is 0 Å². The molecule has 0 aliphatic heterocycles. The molecule has 0 spiro atoms. The van der Waals surface area contributed by atoms with Gasteiger partial charge in [-0.2, -0.15) is 9.61 Å². The van der Waals surface area contributed by atoms with Crippen molar-refractivity contribution in [2.45, 2.75) is 25.2 Å². The summed E-state index contributed by atoms with van der Waals surface area (Å²) >= 11 is 4.95. The molecule has 102 valence electrons. The molecule has 1 aliphatic carbocycles. The zero-order valence-corrected chi connectivity index (χ0v) is 13.0. The molecule has 0 unspecified atom stereocenters. The minimum absolute atomic E-state index is 0.523. The summed E-state index contributed by atoms with van der Waals surface area (Å²) in [6.07, 6.45) is 3.66. The maximum Gasteiger partial charge on any atom is 0.234 e. The third-order valence-corrected chi connectivity index (χ3v) is 5.40. The van der Waals surface area contributed by atoms with Gasteiger partial charge in [-0.3, -0.25) is 0 Å². The quantitative estimate of drug-likeness (QED) is 0.719. The monoisotopic (exact) mass is 349 g/mol. The molecular weight excluding hydrogens is 338 g/mol. The first kappa shape index (κ1) is 12.3. The average Bonchev–Trinajstić information content (AvgIpc) is 2.93. The first-order valence-corrected chi connectivity index (χ1v) is 8.11. The molecule has 4 rings (SSSR count). The first-order valence-electron chi connectivity index (χ1n) is 6.50. The Balaban J connectivity index is 1.80. The third-order valence-electron chi connectivity index (χ3n) is 3.73. The molecular formula is C13H12BrN5S. The van der Waals surface area contributed by atoms with Crippen LogP contribution in [-0.2, 0) is 0 Å². The SMILES string of the molecule is Nc1cc(-c2nn3c(C4CCC4)nnc3s2)ccc1Br. The largest absolute Gasteiger partial charge is 0.398 e. The number of hydrogen-bond donors (Lipinski definition) is 1. The van der Waals surface area contributed by atoms with Gasteiger partial charge in [0.15, 0.2) is 5.82 Å². The fourth-order valence-corrected chi connectivity index (χ4v) is 3.44. The Morgan fingerprint density at radius 2 is 2.15 bits per heavy atom. The molecule has 2 N–H and O–H groups in total. The van der Waals surface area contributed by atoms with Crippen molar-refractivity contribution in [3.8, 4) is 10.6 Å². The van der Waals surface area contributed by atoms with Crippen LogP contribution < -0.4 is 5.73 Å². The number of nitrogens with zero attached hydrogens (tertiary/aromatic N) is 4. The van der Waals surface area contributed by atoms with E-state index in [1.807, 2.05) is 22.7 Å². The lowest BCUT2D eigenvalue weighted by Crippen LogP contribution is -2.12. The van der Waals surface area contributed by atoms with Gasteiger partial charge in [-0.1, -0.05) is 23.8 Å². The van der Waals surface area contributed by atoms with E-state index in [1.165, 1.54) is 19.3 Å². The zero-order valence-electron chi connectivity index (χ0n) is 10.6. The lowest BCUT2D eigenvalue weighted by molar-refractivity contribution is 0.395. The zero-order chi connectivity index (χ0) is 13.7. The van der Waals surface area contributed by atoms with Gasteiger partial charge in [-0.15, -0.1) is 10.2 Å². The number of fused-ring (bicyclic) bond motifs is 1. The Morgan fingerprint density at radius 1 is 1.30 bits per heavy atom. The topological polar surface area (TPSA) is 69.1 Å². The molecule has 3 aromatic rings. The van der Waals surface area contributed by atoms with Crippen molar-refractivity contribution >= 4 is 37.9 Å².